The maximum absolute atomic E-state index is 12.1. The second kappa shape index (κ2) is 8.80. The molecule has 9 heteroatoms. The largest absolute Gasteiger partial charge is 0.453 e. The molecule has 0 saturated carbocycles. The number of esters is 1. The van der Waals surface area contributed by atoms with Gasteiger partial charge in [0.15, 0.2) is 6.10 Å². The van der Waals surface area contributed by atoms with Crippen molar-refractivity contribution in [3.63, 3.8) is 0 Å². The highest BCUT2D eigenvalue weighted by molar-refractivity contribution is 6.01. The first-order valence-electron chi connectivity index (χ1n) is 8.37. The van der Waals surface area contributed by atoms with E-state index in [9.17, 15) is 19.2 Å². The van der Waals surface area contributed by atoms with Crippen LogP contribution < -0.4 is 5.32 Å². The van der Waals surface area contributed by atoms with E-state index in [4.69, 9.17) is 10.00 Å². The zero-order valence-electron chi connectivity index (χ0n) is 15.1. The number of carbonyl (C=O) groups is 4. The summed E-state index contributed by atoms with van der Waals surface area (Å²) in [6.45, 7) is 1.61. The molecule has 0 radical (unpaired) electrons. The van der Waals surface area contributed by atoms with Crippen LogP contribution in [0.5, 0.6) is 0 Å². The number of nitrogens with zero attached hydrogens (tertiary/aromatic N) is 3. The number of anilines is 1. The van der Waals surface area contributed by atoms with Crippen LogP contribution in [0.25, 0.3) is 0 Å². The lowest BCUT2D eigenvalue weighted by Crippen LogP contribution is -2.33. The third-order valence-corrected chi connectivity index (χ3v) is 3.95. The highest BCUT2D eigenvalue weighted by Crippen LogP contribution is 2.11. The molecule has 142 valence electrons. The number of hydrogen-bond acceptors (Lipinski definition) is 6. The Morgan fingerprint density at radius 3 is 2.52 bits per heavy atom. The van der Waals surface area contributed by atoms with E-state index in [0.29, 0.717) is 11.3 Å². The van der Waals surface area contributed by atoms with Crippen LogP contribution in [0, 0.1) is 11.3 Å². The van der Waals surface area contributed by atoms with E-state index in [1.165, 1.54) is 18.9 Å². The lowest BCUT2D eigenvalue weighted by molar-refractivity contribution is -0.153. The molecule has 2 rings (SSSR count). The minimum absolute atomic E-state index is 0.0186. The molecule has 1 heterocycles. The average Bonchev–Trinajstić information content (AvgIpc) is 2.88. The summed E-state index contributed by atoms with van der Waals surface area (Å²) in [6.07, 6.45) is -0.766. The predicted octanol–water partition coefficient (Wildman–Crippen LogP) is 1.10. The van der Waals surface area contributed by atoms with E-state index in [-0.39, 0.29) is 37.9 Å². The van der Waals surface area contributed by atoms with Gasteiger partial charge in [0.1, 0.15) is 6.54 Å². The number of imide groups is 1. The van der Waals surface area contributed by atoms with Gasteiger partial charge >= 0.3 is 12.0 Å². The first kappa shape index (κ1) is 19.9. The first-order chi connectivity index (χ1) is 12.8. The zero-order valence-corrected chi connectivity index (χ0v) is 15.1. The van der Waals surface area contributed by atoms with E-state index in [1.54, 1.807) is 24.3 Å². The summed E-state index contributed by atoms with van der Waals surface area (Å²) >= 11 is 0. The normalized spacial score (nSPS) is 14.7. The van der Waals surface area contributed by atoms with E-state index in [0.717, 1.165) is 4.90 Å². The lowest BCUT2D eigenvalue weighted by atomic mass is 10.2. The monoisotopic (exact) mass is 372 g/mol. The molecule has 0 aromatic heterocycles. The second-order valence-corrected chi connectivity index (χ2v) is 6.10. The summed E-state index contributed by atoms with van der Waals surface area (Å²) in [4.78, 5) is 49.6. The van der Waals surface area contributed by atoms with Crippen molar-refractivity contribution >= 4 is 29.5 Å². The molecule has 4 amide bonds. The van der Waals surface area contributed by atoms with Gasteiger partial charge in [0, 0.05) is 25.7 Å². The van der Waals surface area contributed by atoms with E-state index >= 15 is 0 Å². The molecule has 1 atom stereocenters. The fourth-order valence-corrected chi connectivity index (χ4v) is 2.45. The number of benzene rings is 1. The fourth-order valence-electron chi connectivity index (χ4n) is 2.45. The Labute approximate surface area is 156 Å². The molecular weight excluding hydrogens is 352 g/mol. The molecule has 1 aromatic carbocycles. The van der Waals surface area contributed by atoms with Crippen LogP contribution in [-0.4, -0.2) is 59.9 Å². The lowest BCUT2D eigenvalue weighted by Gasteiger charge is -2.15. The van der Waals surface area contributed by atoms with Gasteiger partial charge in [-0.05, 0) is 37.6 Å². The number of likely N-dealkylation sites (N-methyl/N-ethyl adjacent to an activating group) is 1. The maximum atomic E-state index is 12.1. The molecule has 9 nitrogen and oxygen atoms in total. The summed E-state index contributed by atoms with van der Waals surface area (Å²) in [5, 5.41) is 11.3. The molecule has 1 aliphatic heterocycles. The highest BCUT2D eigenvalue weighted by atomic mass is 16.5. The summed E-state index contributed by atoms with van der Waals surface area (Å²) in [7, 11) is 1.53. The Morgan fingerprint density at radius 2 is 1.96 bits per heavy atom. The van der Waals surface area contributed by atoms with Gasteiger partial charge in [0.2, 0.25) is 5.91 Å². The molecule has 27 heavy (non-hydrogen) atoms. The van der Waals surface area contributed by atoms with Crippen LogP contribution >= 0.6 is 0 Å². The van der Waals surface area contributed by atoms with Crippen molar-refractivity contribution in [1.29, 1.82) is 5.26 Å². The molecular formula is C18H20N4O5. The number of nitriles is 1. The van der Waals surface area contributed by atoms with Gasteiger partial charge in [-0.2, -0.15) is 5.26 Å². The van der Waals surface area contributed by atoms with Crippen LogP contribution in [0.1, 0.15) is 25.3 Å². The Balaban J connectivity index is 1.74. The summed E-state index contributed by atoms with van der Waals surface area (Å²) in [6, 6.07) is 7.86. The standard InChI is InChI=1S/C18H20N4O5/c1-12(17(25)20-14-7-5-13(10-19)6-8-14)27-16(24)4-3-9-22-15(23)11-21(2)18(22)26/h5-8,12H,3-4,9,11H2,1-2H3,(H,20,25)/t12-/m0/s1. The van der Waals surface area contributed by atoms with Crippen molar-refractivity contribution in [2.45, 2.75) is 25.9 Å². The minimum Gasteiger partial charge on any atom is -0.453 e. The Kier molecular flexibility index (Phi) is 6.49. The minimum atomic E-state index is -1.01. The number of urea groups is 1. The number of carbonyl (C=O) groups excluding carboxylic acids is 4. The van der Waals surface area contributed by atoms with Gasteiger partial charge in [-0.15, -0.1) is 0 Å². The van der Waals surface area contributed by atoms with Gasteiger partial charge in [-0.1, -0.05) is 0 Å². The molecule has 1 aromatic rings. The van der Waals surface area contributed by atoms with Crippen molar-refractivity contribution < 1.29 is 23.9 Å². The maximum Gasteiger partial charge on any atom is 0.326 e. The molecule has 0 unspecified atom stereocenters. The van der Waals surface area contributed by atoms with Gasteiger partial charge < -0.3 is 15.0 Å². The van der Waals surface area contributed by atoms with Crippen LogP contribution in [0.15, 0.2) is 24.3 Å². The third kappa shape index (κ3) is 5.28. The van der Waals surface area contributed by atoms with Crippen molar-refractivity contribution in [1.82, 2.24) is 9.80 Å². The number of nitrogens with one attached hydrogen (secondary N) is 1. The smallest absolute Gasteiger partial charge is 0.326 e. The van der Waals surface area contributed by atoms with Crippen molar-refractivity contribution in [3.05, 3.63) is 29.8 Å². The summed E-state index contributed by atoms with van der Waals surface area (Å²) < 4.78 is 5.07. The predicted molar refractivity (Wildman–Crippen MR) is 94.3 cm³/mol. The van der Waals surface area contributed by atoms with Crippen LogP contribution in [0.3, 0.4) is 0 Å². The molecule has 1 saturated heterocycles. The molecule has 1 fully saturated rings. The van der Waals surface area contributed by atoms with Gasteiger partial charge in [0.25, 0.3) is 5.91 Å². The molecule has 0 aliphatic carbocycles. The van der Waals surface area contributed by atoms with E-state index in [1.807, 2.05) is 6.07 Å². The number of hydrogen-bond donors (Lipinski definition) is 1. The van der Waals surface area contributed by atoms with Crippen molar-refractivity contribution in [2.24, 2.45) is 0 Å². The molecule has 1 aliphatic rings. The number of rotatable bonds is 7. The Bertz CT molecular complexity index is 784. The number of amides is 4. The number of ether oxygens (including phenoxy) is 1. The first-order valence-corrected chi connectivity index (χ1v) is 8.37. The highest BCUT2D eigenvalue weighted by Gasteiger charge is 2.33. The second-order valence-electron chi connectivity index (χ2n) is 6.10. The Morgan fingerprint density at radius 1 is 1.30 bits per heavy atom. The van der Waals surface area contributed by atoms with Crippen LogP contribution in [-0.2, 0) is 19.1 Å². The van der Waals surface area contributed by atoms with Gasteiger partial charge in [-0.3, -0.25) is 19.3 Å². The Hall–Kier alpha value is -3.41. The van der Waals surface area contributed by atoms with Crippen molar-refractivity contribution in [2.75, 3.05) is 25.5 Å². The molecule has 0 spiro atoms. The van der Waals surface area contributed by atoms with Crippen molar-refractivity contribution in [3.8, 4) is 6.07 Å². The van der Waals surface area contributed by atoms with Crippen LogP contribution in [0.2, 0.25) is 0 Å². The third-order valence-electron chi connectivity index (χ3n) is 3.95. The fraction of sp³-hybridized carbons (Fsp3) is 0.389. The molecule has 0 bridgehead atoms. The summed E-state index contributed by atoms with van der Waals surface area (Å²) in [5.74, 6) is -1.39. The zero-order chi connectivity index (χ0) is 20.0. The quantitative estimate of drug-likeness (QED) is 0.565. The van der Waals surface area contributed by atoms with Gasteiger partial charge in [0.05, 0.1) is 11.6 Å². The van der Waals surface area contributed by atoms with Crippen LogP contribution in [0.4, 0.5) is 10.5 Å². The topological polar surface area (TPSA) is 120 Å². The molecule has 1 N–H and O–H groups in total. The van der Waals surface area contributed by atoms with E-state index < -0.39 is 18.0 Å². The van der Waals surface area contributed by atoms with E-state index in [2.05, 4.69) is 5.32 Å². The summed E-state index contributed by atoms with van der Waals surface area (Å²) in [5.41, 5.74) is 0.950. The van der Waals surface area contributed by atoms with Gasteiger partial charge in [-0.25, -0.2) is 4.79 Å². The average molecular weight is 372 g/mol. The SMILES string of the molecule is C[C@H](OC(=O)CCCN1C(=O)CN(C)C1=O)C(=O)Nc1ccc(C#N)cc1.